The van der Waals surface area contributed by atoms with Crippen LogP contribution in [0.25, 0.3) is 0 Å². The summed E-state index contributed by atoms with van der Waals surface area (Å²) in [6.07, 6.45) is 0. The highest BCUT2D eigenvalue weighted by Crippen LogP contribution is 2.44. The Kier molecular flexibility index (Phi) is 5.19. The third kappa shape index (κ3) is 3.58. The lowest BCUT2D eigenvalue weighted by atomic mass is 10.1. The van der Waals surface area contributed by atoms with Crippen LogP contribution in [0.2, 0.25) is 0 Å². The topological polar surface area (TPSA) is 35.5 Å². The van der Waals surface area contributed by atoms with Crippen LogP contribution in [-0.4, -0.2) is 18.4 Å². The number of hydrogen-bond donors (Lipinski definition) is 0. The van der Waals surface area contributed by atoms with Crippen molar-refractivity contribution in [2.45, 2.75) is 0 Å². The molecule has 0 fully saturated rings. The maximum atomic E-state index is 13.7. The lowest BCUT2D eigenvalue weighted by Crippen LogP contribution is -2.28. The van der Waals surface area contributed by atoms with Crippen molar-refractivity contribution in [1.29, 1.82) is 0 Å². The fourth-order valence-electron chi connectivity index (χ4n) is 3.96. The molecule has 1 heterocycles. The maximum absolute atomic E-state index is 13.7. The van der Waals surface area contributed by atoms with Crippen molar-refractivity contribution < 1.29 is 14.3 Å². The van der Waals surface area contributed by atoms with Crippen molar-refractivity contribution in [3.05, 3.63) is 115 Å². The van der Waals surface area contributed by atoms with Crippen LogP contribution in [0.15, 0.2) is 109 Å². The molecule has 31 heavy (non-hydrogen) atoms. The van der Waals surface area contributed by atoms with Crippen LogP contribution in [-0.2, 0) is 0 Å². The van der Waals surface area contributed by atoms with Gasteiger partial charge in [0.05, 0.1) is 0 Å². The van der Waals surface area contributed by atoms with E-state index in [-0.39, 0.29) is 12.6 Å². The summed E-state index contributed by atoms with van der Waals surface area (Å²) in [5.74, 6) is 3.20. The highest BCUT2D eigenvalue weighted by atomic mass is 31.2. The average Bonchev–Trinajstić information content (AvgIpc) is 3.32. The van der Waals surface area contributed by atoms with E-state index in [4.69, 9.17) is 9.47 Å². The van der Waals surface area contributed by atoms with Crippen molar-refractivity contribution in [1.82, 2.24) is 0 Å². The van der Waals surface area contributed by atoms with E-state index >= 15 is 0 Å². The lowest BCUT2D eigenvalue weighted by molar-refractivity contribution is 0.107. The fraction of sp³-hybridized carbons (Fsp3) is 0.0370. The molecule has 4 heteroatoms. The van der Waals surface area contributed by atoms with Gasteiger partial charge < -0.3 is 9.47 Å². The van der Waals surface area contributed by atoms with Crippen molar-refractivity contribution >= 4 is 34.4 Å². The van der Waals surface area contributed by atoms with Gasteiger partial charge in [-0.3, -0.25) is 4.79 Å². The third-order valence-electron chi connectivity index (χ3n) is 5.46. The van der Waals surface area contributed by atoms with E-state index < -0.39 is 6.89 Å². The molecule has 0 aromatic heterocycles. The third-order valence-corrected chi connectivity index (χ3v) is 9.42. The van der Waals surface area contributed by atoms with Gasteiger partial charge in [-0.05, 0) is 46.8 Å². The van der Waals surface area contributed by atoms with Gasteiger partial charge in [-0.15, -0.1) is 0 Å². The minimum Gasteiger partial charge on any atom is -0.454 e. The molecule has 0 aliphatic carbocycles. The van der Waals surface area contributed by atoms with Crippen LogP contribution in [0.4, 0.5) is 0 Å². The molecular formula is C27H21O3P. The zero-order chi connectivity index (χ0) is 21.1. The molecule has 4 aromatic rings. The maximum Gasteiger partial charge on any atom is 0.231 e. The molecular weight excluding hydrogens is 403 g/mol. The number of hydrogen-bond acceptors (Lipinski definition) is 3. The second-order valence-electron chi connectivity index (χ2n) is 7.29. The van der Waals surface area contributed by atoms with Gasteiger partial charge in [0.15, 0.2) is 17.3 Å². The van der Waals surface area contributed by atoms with Crippen molar-refractivity contribution in [3.63, 3.8) is 0 Å². The largest absolute Gasteiger partial charge is 0.454 e. The second kappa shape index (κ2) is 8.29. The smallest absolute Gasteiger partial charge is 0.231 e. The number of ether oxygens (including phenoxy) is 2. The van der Waals surface area contributed by atoms with E-state index in [0.717, 1.165) is 15.9 Å². The van der Waals surface area contributed by atoms with Gasteiger partial charge in [-0.1, -0.05) is 91.0 Å². The van der Waals surface area contributed by atoms with Crippen LogP contribution < -0.4 is 25.4 Å². The van der Waals surface area contributed by atoms with Gasteiger partial charge in [0.25, 0.3) is 0 Å². The van der Waals surface area contributed by atoms with Gasteiger partial charge in [-0.2, -0.15) is 0 Å². The Morgan fingerprint density at radius 1 is 0.645 bits per heavy atom. The zero-order valence-corrected chi connectivity index (χ0v) is 17.7. The summed E-state index contributed by atoms with van der Waals surface area (Å²) in [5.41, 5.74) is 0.594. The molecule has 1 aliphatic heterocycles. The van der Waals surface area contributed by atoms with E-state index in [9.17, 15) is 4.79 Å². The molecule has 0 atom stereocenters. The van der Waals surface area contributed by atoms with Gasteiger partial charge >= 0.3 is 0 Å². The number of carbonyl (C=O) groups excluding carboxylic acids is 1. The van der Waals surface area contributed by atoms with Crippen LogP contribution in [0.1, 0.15) is 10.4 Å². The molecule has 152 valence electrons. The summed E-state index contributed by atoms with van der Waals surface area (Å²) in [5, 5.41) is 3.42. The molecule has 0 N–H and O–H groups in total. The molecule has 0 unspecified atom stereocenters. The van der Waals surface area contributed by atoms with Crippen LogP contribution >= 0.6 is 6.89 Å². The molecule has 0 radical (unpaired) electrons. The summed E-state index contributed by atoms with van der Waals surface area (Å²) in [6, 6.07) is 36.4. The standard InChI is InChI=1S/C27H21O3P/c28-25(21-16-17-26-27(18-21)30-20-29-26)19-31(22-10-4-1-5-11-22,23-12-6-2-7-13-23)24-14-8-3-9-15-24/h1-19H,20H2. The Bertz CT molecular complexity index is 1160. The Balaban J connectivity index is 1.78. The van der Waals surface area contributed by atoms with Crippen LogP contribution in [0.5, 0.6) is 11.5 Å². The molecule has 4 aromatic carbocycles. The molecule has 0 amide bonds. The lowest BCUT2D eigenvalue weighted by Gasteiger charge is -2.28. The van der Waals surface area contributed by atoms with E-state index in [1.807, 2.05) is 66.5 Å². The Morgan fingerprint density at radius 3 is 1.65 bits per heavy atom. The molecule has 1 aliphatic rings. The van der Waals surface area contributed by atoms with Crippen molar-refractivity contribution in [2.24, 2.45) is 0 Å². The normalized spacial score (nSPS) is 12.4. The predicted molar refractivity (Wildman–Crippen MR) is 128 cm³/mol. The number of fused-ring (bicyclic) bond motifs is 1. The van der Waals surface area contributed by atoms with Gasteiger partial charge in [0.2, 0.25) is 6.79 Å². The van der Waals surface area contributed by atoms with E-state index in [1.54, 1.807) is 12.1 Å². The summed E-state index contributed by atoms with van der Waals surface area (Å²) in [7, 11) is 0. The number of benzene rings is 4. The Morgan fingerprint density at radius 2 is 1.13 bits per heavy atom. The van der Waals surface area contributed by atoms with Crippen molar-refractivity contribution in [3.8, 4) is 11.5 Å². The molecule has 3 nitrogen and oxygen atoms in total. The molecule has 0 saturated heterocycles. The van der Waals surface area contributed by atoms with E-state index in [2.05, 4.69) is 36.4 Å². The first-order chi connectivity index (χ1) is 15.3. The number of rotatable bonds is 5. The SMILES string of the molecule is O=C(C=P(c1ccccc1)(c1ccccc1)c1ccccc1)c1ccc2c(c1)OCO2. The first-order valence-corrected chi connectivity index (χ1v) is 12.0. The molecule has 5 rings (SSSR count). The Hall–Kier alpha value is -3.55. The monoisotopic (exact) mass is 424 g/mol. The highest BCUT2D eigenvalue weighted by molar-refractivity contribution is 7.95. The molecule has 0 bridgehead atoms. The van der Waals surface area contributed by atoms with Crippen LogP contribution in [0.3, 0.4) is 0 Å². The quantitative estimate of drug-likeness (QED) is 0.352. The van der Waals surface area contributed by atoms with Crippen LogP contribution in [0, 0.1) is 0 Å². The average molecular weight is 424 g/mol. The van der Waals surface area contributed by atoms with E-state index in [0.29, 0.717) is 17.1 Å². The van der Waals surface area contributed by atoms with Gasteiger partial charge in [0.1, 0.15) is 0 Å². The molecule has 0 saturated carbocycles. The predicted octanol–water partition coefficient (Wildman–Crippen LogP) is 4.39. The summed E-state index contributed by atoms with van der Waals surface area (Å²) in [6.45, 7) is -2.16. The first kappa shape index (κ1) is 19.4. The number of ketones is 1. The number of carbonyl (C=O) groups is 1. The fourth-order valence-corrected chi connectivity index (χ4v) is 7.73. The number of Topliss-reactive ketones (excluding diaryl/α,β-unsaturated/α-hetero) is 1. The molecule has 0 spiro atoms. The first-order valence-electron chi connectivity index (χ1n) is 10.1. The summed E-state index contributed by atoms with van der Waals surface area (Å²) in [4.78, 5) is 13.7. The van der Waals surface area contributed by atoms with Gasteiger partial charge in [0, 0.05) is 5.56 Å². The summed E-state index contributed by atoms with van der Waals surface area (Å²) >= 11 is 0. The minimum absolute atomic E-state index is 0.0248. The minimum atomic E-state index is -2.34. The summed E-state index contributed by atoms with van der Waals surface area (Å²) < 4.78 is 10.9. The van der Waals surface area contributed by atoms with Gasteiger partial charge in [-0.25, -0.2) is 0 Å². The highest BCUT2D eigenvalue weighted by Gasteiger charge is 2.27. The second-order valence-corrected chi connectivity index (χ2v) is 10.5. The van der Waals surface area contributed by atoms with E-state index in [1.165, 1.54) is 0 Å². The Labute approximate surface area is 181 Å². The zero-order valence-electron chi connectivity index (χ0n) is 16.8. The van der Waals surface area contributed by atoms with Crippen molar-refractivity contribution in [2.75, 3.05) is 6.79 Å².